The third kappa shape index (κ3) is 3.88. The Balaban J connectivity index is 1.62. The van der Waals surface area contributed by atoms with E-state index in [1.807, 2.05) is 36.4 Å². The van der Waals surface area contributed by atoms with Crippen molar-refractivity contribution in [1.29, 1.82) is 0 Å². The average Bonchev–Trinajstić information content (AvgIpc) is 3.02. The molecule has 0 fully saturated rings. The molecule has 1 amide bonds. The SMILES string of the molecule is CCc1cccc2sc(NC(=O)CSc3ccc(OC)cc3)nc12. The van der Waals surface area contributed by atoms with Crippen molar-refractivity contribution in [3.8, 4) is 5.75 Å². The first kappa shape index (κ1) is 16.8. The van der Waals surface area contributed by atoms with E-state index in [4.69, 9.17) is 4.74 Å². The van der Waals surface area contributed by atoms with Gasteiger partial charge in [0.25, 0.3) is 0 Å². The summed E-state index contributed by atoms with van der Waals surface area (Å²) in [6.07, 6.45) is 0.932. The summed E-state index contributed by atoms with van der Waals surface area (Å²) in [5.74, 6) is 1.11. The fourth-order valence-electron chi connectivity index (χ4n) is 2.32. The van der Waals surface area contributed by atoms with Gasteiger partial charge < -0.3 is 10.1 Å². The Bertz CT molecular complexity index is 844. The highest BCUT2D eigenvalue weighted by Crippen LogP contribution is 2.29. The molecule has 1 N–H and O–H groups in total. The molecule has 3 rings (SSSR count). The van der Waals surface area contributed by atoms with Crippen molar-refractivity contribution in [2.75, 3.05) is 18.2 Å². The van der Waals surface area contributed by atoms with E-state index in [2.05, 4.69) is 23.3 Å². The first-order chi connectivity index (χ1) is 11.7. The second-order valence-corrected chi connectivity index (χ2v) is 7.23. The molecule has 0 aliphatic rings. The molecule has 0 radical (unpaired) electrons. The van der Waals surface area contributed by atoms with Gasteiger partial charge in [-0.25, -0.2) is 4.98 Å². The van der Waals surface area contributed by atoms with Crippen molar-refractivity contribution in [1.82, 2.24) is 4.98 Å². The zero-order valence-corrected chi connectivity index (χ0v) is 15.2. The molecule has 0 aliphatic heterocycles. The third-order valence-corrected chi connectivity index (χ3v) is 5.51. The van der Waals surface area contributed by atoms with Crippen LogP contribution in [-0.2, 0) is 11.2 Å². The molecule has 1 aromatic heterocycles. The van der Waals surface area contributed by atoms with Gasteiger partial charge in [-0.2, -0.15) is 0 Å². The summed E-state index contributed by atoms with van der Waals surface area (Å²) in [4.78, 5) is 17.7. The van der Waals surface area contributed by atoms with Crippen LogP contribution in [-0.4, -0.2) is 23.8 Å². The number of nitrogens with zero attached hydrogens (tertiary/aromatic N) is 1. The molecule has 4 nitrogen and oxygen atoms in total. The summed E-state index contributed by atoms with van der Waals surface area (Å²) in [5, 5.41) is 3.56. The lowest BCUT2D eigenvalue weighted by Crippen LogP contribution is -2.13. The van der Waals surface area contributed by atoms with Crippen LogP contribution in [0.4, 0.5) is 5.13 Å². The Morgan fingerprint density at radius 2 is 2.04 bits per heavy atom. The van der Waals surface area contributed by atoms with Crippen molar-refractivity contribution < 1.29 is 9.53 Å². The number of benzene rings is 2. The number of methoxy groups -OCH3 is 1. The van der Waals surface area contributed by atoms with E-state index in [0.29, 0.717) is 10.9 Å². The molecule has 0 aliphatic carbocycles. The summed E-state index contributed by atoms with van der Waals surface area (Å²) >= 11 is 3.00. The van der Waals surface area contributed by atoms with E-state index in [9.17, 15) is 4.79 Å². The fourth-order valence-corrected chi connectivity index (χ4v) is 3.95. The van der Waals surface area contributed by atoms with Crippen LogP contribution in [0.2, 0.25) is 0 Å². The van der Waals surface area contributed by atoms with E-state index in [1.165, 1.54) is 28.7 Å². The second kappa shape index (κ2) is 7.68. The summed E-state index contributed by atoms with van der Waals surface area (Å²) in [6, 6.07) is 13.8. The Labute approximate surface area is 149 Å². The maximum absolute atomic E-state index is 12.2. The number of thiazole rings is 1. The van der Waals surface area contributed by atoms with Crippen LogP contribution in [0.5, 0.6) is 5.75 Å². The molecule has 3 aromatic rings. The van der Waals surface area contributed by atoms with Crippen molar-refractivity contribution in [2.24, 2.45) is 0 Å². The second-order valence-electron chi connectivity index (χ2n) is 5.15. The highest BCUT2D eigenvalue weighted by molar-refractivity contribution is 8.00. The van der Waals surface area contributed by atoms with Gasteiger partial charge in [-0.3, -0.25) is 4.79 Å². The van der Waals surface area contributed by atoms with Crippen LogP contribution in [0.1, 0.15) is 12.5 Å². The predicted molar refractivity (Wildman–Crippen MR) is 101 cm³/mol. The minimum absolute atomic E-state index is 0.0482. The lowest BCUT2D eigenvalue weighted by molar-refractivity contribution is -0.113. The van der Waals surface area contributed by atoms with E-state index < -0.39 is 0 Å². The first-order valence-electron chi connectivity index (χ1n) is 7.64. The molecule has 6 heteroatoms. The zero-order chi connectivity index (χ0) is 16.9. The van der Waals surface area contributed by atoms with E-state index in [0.717, 1.165) is 27.3 Å². The molecule has 0 spiro atoms. The number of rotatable bonds is 6. The van der Waals surface area contributed by atoms with Gasteiger partial charge in [0.1, 0.15) is 5.75 Å². The molecule has 0 unspecified atom stereocenters. The number of nitrogens with one attached hydrogen (secondary N) is 1. The summed E-state index contributed by atoms with van der Waals surface area (Å²) in [7, 11) is 1.64. The third-order valence-electron chi connectivity index (χ3n) is 3.56. The molecule has 0 saturated carbocycles. The number of aromatic nitrogens is 1. The fraction of sp³-hybridized carbons (Fsp3) is 0.222. The van der Waals surface area contributed by atoms with Gasteiger partial charge in [-0.15, -0.1) is 11.8 Å². The minimum Gasteiger partial charge on any atom is -0.497 e. The van der Waals surface area contributed by atoms with Crippen LogP contribution in [0, 0.1) is 0 Å². The van der Waals surface area contributed by atoms with Gasteiger partial charge in [0.05, 0.1) is 23.1 Å². The number of aryl methyl sites for hydroxylation is 1. The Morgan fingerprint density at radius 1 is 1.25 bits per heavy atom. The number of para-hydroxylation sites is 1. The number of carbonyl (C=O) groups excluding carboxylic acids is 1. The van der Waals surface area contributed by atoms with E-state index >= 15 is 0 Å². The zero-order valence-electron chi connectivity index (χ0n) is 13.5. The molecule has 124 valence electrons. The van der Waals surface area contributed by atoms with E-state index in [1.54, 1.807) is 7.11 Å². The van der Waals surface area contributed by atoms with Crippen molar-refractivity contribution in [3.63, 3.8) is 0 Å². The van der Waals surface area contributed by atoms with Gasteiger partial charge >= 0.3 is 0 Å². The van der Waals surface area contributed by atoms with E-state index in [-0.39, 0.29) is 5.91 Å². The van der Waals surface area contributed by atoms with Gasteiger partial charge in [0, 0.05) is 4.90 Å². The number of amides is 1. The van der Waals surface area contributed by atoms with Crippen molar-refractivity contribution >= 4 is 44.4 Å². The lowest BCUT2D eigenvalue weighted by Gasteiger charge is -2.03. The molecule has 24 heavy (non-hydrogen) atoms. The number of carbonyl (C=O) groups is 1. The predicted octanol–water partition coefficient (Wildman–Crippen LogP) is 4.60. The van der Waals surface area contributed by atoms with Crippen molar-refractivity contribution in [2.45, 2.75) is 18.2 Å². The Kier molecular flexibility index (Phi) is 5.37. The van der Waals surface area contributed by atoms with Gasteiger partial charge in [0.2, 0.25) is 5.91 Å². The highest BCUT2D eigenvalue weighted by atomic mass is 32.2. The van der Waals surface area contributed by atoms with Crippen LogP contribution < -0.4 is 10.1 Å². The summed E-state index contributed by atoms with van der Waals surface area (Å²) in [6.45, 7) is 2.11. The molecular formula is C18H18N2O2S2. The Hall–Kier alpha value is -2.05. The minimum atomic E-state index is -0.0482. The normalized spacial score (nSPS) is 10.8. The molecule has 2 aromatic carbocycles. The van der Waals surface area contributed by atoms with Crippen LogP contribution >= 0.6 is 23.1 Å². The molecular weight excluding hydrogens is 340 g/mol. The van der Waals surface area contributed by atoms with Crippen LogP contribution in [0.3, 0.4) is 0 Å². The molecule has 1 heterocycles. The monoisotopic (exact) mass is 358 g/mol. The summed E-state index contributed by atoms with van der Waals surface area (Å²) < 4.78 is 6.23. The topological polar surface area (TPSA) is 51.2 Å². The first-order valence-corrected chi connectivity index (χ1v) is 9.45. The molecule has 0 bridgehead atoms. The quantitative estimate of drug-likeness (QED) is 0.654. The standard InChI is InChI=1S/C18H18N2O2S2/c1-3-12-5-4-6-15-17(12)20-18(24-15)19-16(21)11-23-14-9-7-13(22-2)8-10-14/h4-10H,3,11H2,1-2H3,(H,19,20,21). The van der Waals surface area contributed by atoms with Gasteiger partial charge in [-0.1, -0.05) is 30.4 Å². The molecule has 0 atom stereocenters. The summed E-state index contributed by atoms with van der Waals surface area (Å²) in [5.41, 5.74) is 2.19. The van der Waals surface area contributed by atoms with Crippen LogP contribution in [0.25, 0.3) is 10.2 Å². The highest BCUT2D eigenvalue weighted by Gasteiger charge is 2.10. The number of anilines is 1. The van der Waals surface area contributed by atoms with Gasteiger partial charge in [0.15, 0.2) is 5.13 Å². The molecule has 0 saturated heterocycles. The number of ether oxygens (including phenoxy) is 1. The maximum atomic E-state index is 12.2. The average molecular weight is 358 g/mol. The Morgan fingerprint density at radius 3 is 2.75 bits per heavy atom. The number of thioether (sulfide) groups is 1. The number of hydrogen-bond donors (Lipinski definition) is 1. The number of fused-ring (bicyclic) bond motifs is 1. The van der Waals surface area contributed by atoms with Crippen molar-refractivity contribution in [3.05, 3.63) is 48.0 Å². The number of hydrogen-bond acceptors (Lipinski definition) is 5. The maximum Gasteiger partial charge on any atom is 0.236 e. The smallest absolute Gasteiger partial charge is 0.236 e. The largest absolute Gasteiger partial charge is 0.497 e. The van der Waals surface area contributed by atoms with Crippen LogP contribution in [0.15, 0.2) is 47.4 Å². The van der Waals surface area contributed by atoms with Gasteiger partial charge in [-0.05, 0) is 42.3 Å². The lowest BCUT2D eigenvalue weighted by atomic mass is 10.1.